The van der Waals surface area contributed by atoms with Gasteiger partial charge in [0.05, 0.1) is 0 Å². The lowest BCUT2D eigenvalue weighted by Crippen LogP contribution is -2.22. The first kappa shape index (κ1) is 13.7. The van der Waals surface area contributed by atoms with Gasteiger partial charge in [0.1, 0.15) is 4.21 Å². The fourth-order valence-corrected chi connectivity index (χ4v) is 4.20. The van der Waals surface area contributed by atoms with Gasteiger partial charge in [-0.2, -0.15) is 0 Å². The largest absolute Gasteiger partial charge is 0.250 e. The highest BCUT2D eigenvalue weighted by Crippen LogP contribution is 2.21. The maximum absolute atomic E-state index is 12.0. The van der Waals surface area contributed by atoms with Gasteiger partial charge in [-0.25, -0.2) is 13.1 Å². The average Bonchev–Trinajstić information content (AvgIpc) is 2.76. The van der Waals surface area contributed by atoms with Crippen molar-refractivity contribution in [2.45, 2.75) is 17.7 Å². The van der Waals surface area contributed by atoms with Crippen molar-refractivity contribution in [3.8, 4) is 0 Å². The summed E-state index contributed by atoms with van der Waals surface area (Å²) in [5, 5.41) is 0. The van der Waals surface area contributed by atoms with Crippen LogP contribution in [0, 0.1) is 6.92 Å². The second-order valence-electron chi connectivity index (χ2n) is 3.78. The number of hydrogen-bond donors (Lipinski definition) is 1. The minimum atomic E-state index is -3.41. The third-order valence-electron chi connectivity index (χ3n) is 2.39. The Bertz CT molecular complexity index is 650. The van der Waals surface area contributed by atoms with Gasteiger partial charge in [-0.05, 0) is 30.7 Å². The van der Waals surface area contributed by atoms with Gasteiger partial charge in [0.2, 0.25) is 10.0 Å². The molecule has 1 aromatic heterocycles. The van der Waals surface area contributed by atoms with Crippen LogP contribution in [0.2, 0.25) is 0 Å². The SMILES string of the molecule is Cc1ccc(S(=O)(=O)NCc2ccccc2Br)s1. The quantitative estimate of drug-likeness (QED) is 0.923. The number of sulfonamides is 1. The van der Waals surface area contributed by atoms with Gasteiger partial charge >= 0.3 is 0 Å². The first-order chi connectivity index (χ1) is 8.49. The molecule has 2 aromatic rings. The molecular formula is C12H12BrNO2S2. The van der Waals surface area contributed by atoms with Crippen LogP contribution in [0.1, 0.15) is 10.4 Å². The van der Waals surface area contributed by atoms with Crippen LogP contribution in [0.15, 0.2) is 45.1 Å². The molecule has 2 rings (SSSR count). The van der Waals surface area contributed by atoms with E-state index in [9.17, 15) is 8.42 Å². The molecule has 0 fully saturated rings. The molecule has 0 radical (unpaired) electrons. The van der Waals surface area contributed by atoms with E-state index in [1.807, 2.05) is 31.2 Å². The Morgan fingerprint density at radius 3 is 2.56 bits per heavy atom. The molecule has 0 amide bonds. The predicted octanol–water partition coefficient (Wildman–Crippen LogP) is 3.30. The summed E-state index contributed by atoms with van der Waals surface area (Å²) in [6.07, 6.45) is 0. The van der Waals surface area contributed by atoms with Crippen molar-refractivity contribution in [3.63, 3.8) is 0 Å². The van der Waals surface area contributed by atoms with Crippen LogP contribution in [0.25, 0.3) is 0 Å². The van der Waals surface area contributed by atoms with Gasteiger partial charge in [-0.3, -0.25) is 0 Å². The first-order valence-corrected chi connectivity index (χ1v) is 8.38. The van der Waals surface area contributed by atoms with Crippen molar-refractivity contribution in [2.75, 3.05) is 0 Å². The summed E-state index contributed by atoms with van der Waals surface area (Å²) in [7, 11) is -3.41. The molecule has 1 heterocycles. The summed E-state index contributed by atoms with van der Waals surface area (Å²) in [4.78, 5) is 0.983. The second-order valence-corrected chi connectivity index (χ2v) is 7.92. The smallest absolute Gasteiger partial charge is 0.206 e. The van der Waals surface area contributed by atoms with Crippen molar-refractivity contribution in [1.29, 1.82) is 0 Å². The molecule has 0 aliphatic rings. The van der Waals surface area contributed by atoms with E-state index in [0.29, 0.717) is 4.21 Å². The van der Waals surface area contributed by atoms with E-state index in [-0.39, 0.29) is 6.54 Å². The number of thiophene rings is 1. The van der Waals surface area contributed by atoms with Crippen LogP contribution in [0.5, 0.6) is 0 Å². The van der Waals surface area contributed by atoms with E-state index in [1.54, 1.807) is 12.1 Å². The number of benzene rings is 1. The fraction of sp³-hybridized carbons (Fsp3) is 0.167. The van der Waals surface area contributed by atoms with Gasteiger partial charge in [-0.1, -0.05) is 34.1 Å². The molecule has 1 N–H and O–H groups in total. The van der Waals surface area contributed by atoms with Crippen molar-refractivity contribution >= 4 is 37.3 Å². The summed E-state index contributed by atoms with van der Waals surface area (Å²) < 4.78 is 27.9. The van der Waals surface area contributed by atoms with Crippen molar-refractivity contribution in [1.82, 2.24) is 4.72 Å². The molecule has 0 saturated carbocycles. The van der Waals surface area contributed by atoms with E-state index >= 15 is 0 Å². The number of aryl methyl sites for hydroxylation is 1. The van der Waals surface area contributed by atoms with E-state index in [4.69, 9.17) is 0 Å². The summed E-state index contributed by atoms with van der Waals surface area (Å²) in [5.74, 6) is 0. The number of nitrogens with one attached hydrogen (secondary N) is 1. The zero-order valence-electron chi connectivity index (χ0n) is 9.68. The fourth-order valence-electron chi connectivity index (χ4n) is 1.44. The van der Waals surface area contributed by atoms with Gasteiger partial charge in [0, 0.05) is 15.9 Å². The Hall–Kier alpha value is -0.690. The predicted molar refractivity (Wildman–Crippen MR) is 77.2 cm³/mol. The Balaban J connectivity index is 2.13. The topological polar surface area (TPSA) is 46.2 Å². The van der Waals surface area contributed by atoms with E-state index < -0.39 is 10.0 Å². The van der Waals surface area contributed by atoms with Crippen molar-refractivity contribution < 1.29 is 8.42 Å². The molecule has 0 aliphatic heterocycles. The van der Waals surface area contributed by atoms with Gasteiger partial charge in [0.15, 0.2) is 0 Å². The maximum atomic E-state index is 12.0. The van der Waals surface area contributed by atoms with Crippen LogP contribution >= 0.6 is 27.3 Å². The van der Waals surface area contributed by atoms with Crippen LogP contribution < -0.4 is 4.72 Å². The average molecular weight is 346 g/mol. The molecule has 18 heavy (non-hydrogen) atoms. The molecule has 0 saturated heterocycles. The van der Waals surface area contributed by atoms with E-state index in [2.05, 4.69) is 20.7 Å². The summed E-state index contributed by atoms with van der Waals surface area (Å²) >= 11 is 4.66. The van der Waals surface area contributed by atoms with Crippen LogP contribution in [0.4, 0.5) is 0 Å². The number of hydrogen-bond acceptors (Lipinski definition) is 3. The molecule has 6 heteroatoms. The molecule has 96 valence electrons. The van der Waals surface area contributed by atoms with Crippen molar-refractivity contribution in [2.24, 2.45) is 0 Å². The number of rotatable bonds is 4. The minimum absolute atomic E-state index is 0.278. The monoisotopic (exact) mass is 345 g/mol. The molecule has 3 nitrogen and oxygen atoms in total. The Labute approximate surface area is 119 Å². The van der Waals surface area contributed by atoms with Gasteiger partial charge < -0.3 is 0 Å². The third kappa shape index (κ3) is 3.20. The molecular weight excluding hydrogens is 334 g/mol. The van der Waals surface area contributed by atoms with Crippen LogP contribution in [-0.2, 0) is 16.6 Å². The first-order valence-electron chi connectivity index (χ1n) is 5.28. The molecule has 0 spiro atoms. The zero-order valence-corrected chi connectivity index (χ0v) is 12.9. The molecule has 1 aromatic carbocycles. The number of halogens is 1. The van der Waals surface area contributed by atoms with Gasteiger partial charge in [0.25, 0.3) is 0 Å². The minimum Gasteiger partial charge on any atom is -0.206 e. The highest BCUT2D eigenvalue weighted by atomic mass is 79.9. The van der Waals surface area contributed by atoms with E-state index in [0.717, 1.165) is 14.9 Å². The Morgan fingerprint density at radius 2 is 1.94 bits per heavy atom. The summed E-state index contributed by atoms with van der Waals surface area (Å²) in [5.41, 5.74) is 0.911. The molecule has 0 unspecified atom stereocenters. The zero-order chi connectivity index (χ0) is 13.2. The van der Waals surface area contributed by atoms with Crippen LogP contribution in [0.3, 0.4) is 0 Å². The highest BCUT2D eigenvalue weighted by molar-refractivity contribution is 9.10. The summed E-state index contributed by atoms with van der Waals surface area (Å²) in [6, 6.07) is 11.0. The standard InChI is InChI=1S/C12H12BrNO2S2/c1-9-6-7-12(17-9)18(15,16)14-8-10-4-2-3-5-11(10)13/h2-7,14H,8H2,1H3. The lowest BCUT2D eigenvalue weighted by molar-refractivity contribution is 0.583. The third-order valence-corrected chi connectivity index (χ3v) is 6.06. The normalized spacial score (nSPS) is 11.7. The summed E-state index contributed by atoms with van der Waals surface area (Å²) in [6.45, 7) is 2.16. The lowest BCUT2D eigenvalue weighted by Gasteiger charge is -2.06. The Kier molecular flexibility index (Phi) is 4.21. The molecule has 0 atom stereocenters. The second kappa shape index (κ2) is 5.52. The van der Waals surface area contributed by atoms with Crippen LogP contribution in [-0.4, -0.2) is 8.42 Å². The highest BCUT2D eigenvalue weighted by Gasteiger charge is 2.15. The lowest BCUT2D eigenvalue weighted by atomic mass is 10.2. The van der Waals surface area contributed by atoms with E-state index in [1.165, 1.54) is 11.3 Å². The molecule has 0 bridgehead atoms. The Morgan fingerprint density at radius 1 is 1.22 bits per heavy atom. The van der Waals surface area contributed by atoms with Crippen molar-refractivity contribution in [3.05, 3.63) is 51.3 Å². The maximum Gasteiger partial charge on any atom is 0.250 e. The molecule has 0 aliphatic carbocycles. The van der Waals surface area contributed by atoms with Gasteiger partial charge in [-0.15, -0.1) is 11.3 Å².